The highest BCUT2D eigenvalue weighted by atomic mass is 16.5. The number of H-pyrrole nitrogens is 1. The smallest absolute Gasteiger partial charge is 0.128 e. The highest BCUT2D eigenvalue weighted by molar-refractivity contribution is 5.89. The molecule has 0 fully saturated rings. The van der Waals surface area contributed by atoms with Crippen LogP contribution >= 0.6 is 0 Å². The predicted molar refractivity (Wildman–Crippen MR) is 82.3 cm³/mol. The summed E-state index contributed by atoms with van der Waals surface area (Å²) in [6, 6.07) is 6.59. The molecule has 0 saturated heterocycles. The van der Waals surface area contributed by atoms with Crippen LogP contribution in [0.2, 0.25) is 0 Å². The van der Waals surface area contributed by atoms with Crippen molar-refractivity contribution in [2.75, 3.05) is 27.3 Å². The zero-order valence-electron chi connectivity index (χ0n) is 12.4. The lowest BCUT2D eigenvalue weighted by Crippen LogP contribution is -2.56. The van der Waals surface area contributed by atoms with Crippen LogP contribution in [0.15, 0.2) is 36.0 Å². The fourth-order valence-electron chi connectivity index (χ4n) is 4.12. The minimum Gasteiger partial charge on any atom is -0.392 e. The van der Waals surface area contributed by atoms with Gasteiger partial charge in [-0.05, 0) is 42.3 Å². The Kier molecular flexibility index (Phi) is 2.76. The fourth-order valence-corrected chi connectivity index (χ4v) is 4.12. The Morgan fingerprint density at radius 2 is 2.33 bits per heavy atom. The molecule has 110 valence electrons. The lowest BCUT2D eigenvalue weighted by Gasteiger charge is -2.49. The van der Waals surface area contributed by atoms with Gasteiger partial charge >= 0.3 is 0 Å². The van der Waals surface area contributed by atoms with Crippen molar-refractivity contribution >= 4 is 10.9 Å². The Morgan fingerprint density at radius 1 is 1.48 bits per heavy atom. The van der Waals surface area contributed by atoms with E-state index >= 15 is 0 Å². The van der Waals surface area contributed by atoms with E-state index in [0.29, 0.717) is 0 Å². The molecule has 0 saturated carbocycles. The number of benzene rings is 1. The van der Waals surface area contributed by atoms with Gasteiger partial charge in [-0.25, -0.2) is 0 Å². The summed E-state index contributed by atoms with van der Waals surface area (Å²) in [7, 11) is 3.88. The van der Waals surface area contributed by atoms with Crippen LogP contribution in [0.25, 0.3) is 10.9 Å². The number of rotatable bonds is 2. The number of hydrogen-bond acceptors (Lipinski definition) is 3. The summed E-state index contributed by atoms with van der Waals surface area (Å²) in [5.74, 6) is 0. The Labute approximate surface area is 124 Å². The van der Waals surface area contributed by atoms with E-state index in [-0.39, 0.29) is 12.6 Å². The molecule has 0 unspecified atom stereocenters. The second-order valence-corrected chi connectivity index (χ2v) is 6.14. The number of aliphatic hydroxyl groups is 1. The van der Waals surface area contributed by atoms with Crippen molar-refractivity contribution in [2.45, 2.75) is 18.1 Å². The summed E-state index contributed by atoms with van der Waals surface area (Å²) in [6.45, 7) is 0.875. The van der Waals surface area contributed by atoms with E-state index in [9.17, 15) is 5.11 Å². The number of aromatic amines is 1. The van der Waals surface area contributed by atoms with Gasteiger partial charge in [0.2, 0.25) is 0 Å². The van der Waals surface area contributed by atoms with Crippen molar-refractivity contribution in [3.05, 3.63) is 47.2 Å². The van der Waals surface area contributed by atoms with E-state index in [1.165, 1.54) is 16.5 Å². The maximum atomic E-state index is 9.60. The highest BCUT2D eigenvalue weighted by Crippen LogP contribution is 2.46. The van der Waals surface area contributed by atoms with Crippen LogP contribution in [0.3, 0.4) is 0 Å². The Bertz CT molecular complexity index is 733. The van der Waals surface area contributed by atoms with Crippen molar-refractivity contribution in [1.82, 2.24) is 9.88 Å². The highest BCUT2D eigenvalue weighted by Gasteiger charge is 2.48. The van der Waals surface area contributed by atoms with Crippen molar-refractivity contribution in [2.24, 2.45) is 0 Å². The molecule has 2 heterocycles. The van der Waals surface area contributed by atoms with Crippen molar-refractivity contribution in [3.63, 3.8) is 0 Å². The van der Waals surface area contributed by atoms with Crippen LogP contribution in [-0.4, -0.2) is 48.3 Å². The van der Waals surface area contributed by atoms with Gasteiger partial charge in [0, 0.05) is 30.8 Å². The summed E-state index contributed by atoms with van der Waals surface area (Å²) in [4.78, 5) is 5.66. The molecule has 0 spiro atoms. The van der Waals surface area contributed by atoms with Gasteiger partial charge in [0.05, 0.1) is 12.6 Å². The molecule has 1 aromatic heterocycles. The molecule has 4 heteroatoms. The number of ether oxygens (including phenoxy) is 1. The number of nitrogens with zero attached hydrogens (tertiary/aromatic N) is 1. The third-order valence-corrected chi connectivity index (χ3v) is 5.06. The first-order valence-corrected chi connectivity index (χ1v) is 7.36. The average Bonchev–Trinajstić information content (AvgIpc) is 2.93. The zero-order chi connectivity index (χ0) is 14.6. The van der Waals surface area contributed by atoms with Gasteiger partial charge in [0.1, 0.15) is 5.60 Å². The summed E-state index contributed by atoms with van der Waals surface area (Å²) < 4.78 is 6.06. The van der Waals surface area contributed by atoms with Crippen molar-refractivity contribution in [3.8, 4) is 0 Å². The van der Waals surface area contributed by atoms with E-state index < -0.39 is 5.60 Å². The molecule has 2 aromatic rings. The van der Waals surface area contributed by atoms with E-state index in [1.54, 1.807) is 7.11 Å². The largest absolute Gasteiger partial charge is 0.392 e. The standard InChI is InChI=1S/C17H20N2O2/c1-19-9-11(10-20)7-17(21-2)13-4-3-5-14-16(13)12(8-18-14)6-15(17)19/h3-5,7-8,15,18,20H,6,9-10H2,1-2H3/t15-,17+/m1/s1. The molecule has 0 bridgehead atoms. The van der Waals surface area contributed by atoms with Crippen molar-refractivity contribution < 1.29 is 9.84 Å². The SMILES string of the molecule is CO[C@]12C=C(CO)CN(C)[C@@H]1Cc1c[nH]c3cccc2c13. The minimum atomic E-state index is -0.472. The monoisotopic (exact) mass is 284 g/mol. The van der Waals surface area contributed by atoms with Gasteiger partial charge in [-0.3, -0.25) is 4.90 Å². The molecule has 4 nitrogen and oxygen atoms in total. The number of hydrogen-bond donors (Lipinski definition) is 2. The molecule has 2 N–H and O–H groups in total. The van der Waals surface area contributed by atoms with Crippen molar-refractivity contribution in [1.29, 1.82) is 0 Å². The first-order chi connectivity index (χ1) is 10.2. The first-order valence-electron chi connectivity index (χ1n) is 7.36. The van der Waals surface area contributed by atoms with Crippen LogP contribution in [0.1, 0.15) is 11.1 Å². The first kappa shape index (κ1) is 13.1. The quantitative estimate of drug-likeness (QED) is 0.827. The van der Waals surface area contributed by atoms with Crippen LogP contribution in [0, 0.1) is 0 Å². The number of likely N-dealkylation sites (N-methyl/N-ethyl adjacent to an activating group) is 1. The van der Waals surface area contributed by atoms with Crippen LogP contribution in [0.4, 0.5) is 0 Å². The van der Waals surface area contributed by atoms with E-state index in [1.807, 2.05) is 0 Å². The molecular weight excluding hydrogens is 264 g/mol. The molecule has 1 aliphatic heterocycles. The summed E-state index contributed by atoms with van der Waals surface area (Å²) in [5.41, 5.74) is 4.26. The maximum absolute atomic E-state index is 9.60. The lowest BCUT2D eigenvalue weighted by molar-refractivity contribution is -0.0512. The molecular formula is C17H20N2O2. The Morgan fingerprint density at radius 3 is 3.10 bits per heavy atom. The van der Waals surface area contributed by atoms with Gasteiger partial charge in [-0.15, -0.1) is 0 Å². The Balaban J connectivity index is 2.04. The molecule has 1 aliphatic carbocycles. The lowest BCUT2D eigenvalue weighted by atomic mass is 9.73. The molecule has 4 rings (SSSR count). The normalized spacial score (nSPS) is 28.5. The van der Waals surface area contributed by atoms with Crippen LogP contribution < -0.4 is 0 Å². The molecule has 2 aliphatic rings. The topological polar surface area (TPSA) is 48.5 Å². The van der Waals surface area contributed by atoms with Gasteiger partial charge in [-0.2, -0.15) is 0 Å². The van der Waals surface area contributed by atoms with E-state index in [4.69, 9.17) is 4.74 Å². The molecule has 2 atom stereocenters. The number of nitrogens with one attached hydrogen (secondary N) is 1. The van der Waals surface area contributed by atoms with Gasteiger partial charge < -0.3 is 14.8 Å². The summed E-state index contributed by atoms with van der Waals surface area (Å²) in [6.07, 6.45) is 5.21. The van der Waals surface area contributed by atoms with E-state index in [2.05, 4.69) is 47.4 Å². The minimum absolute atomic E-state index is 0.0815. The Hall–Kier alpha value is -1.62. The second kappa shape index (κ2) is 4.44. The molecule has 0 radical (unpaired) electrons. The van der Waals surface area contributed by atoms with Gasteiger partial charge in [-0.1, -0.05) is 12.1 Å². The third-order valence-electron chi connectivity index (χ3n) is 5.06. The van der Waals surface area contributed by atoms with Gasteiger partial charge in [0.15, 0.2) is 0 Å². The molecule has 21 heavy (non-hydrogen) atoms. The second-order valence-electron chi connectivity index (χ2n) is 6.14. The summed E-state index contributed by atoms with van der Waals surface area (Å²) in [5, 5.41) is 10.9. The number of aromatic nitrogens is 1. The summed E-state index contributed by atoms with van der Waals surface area (Å²) >= 11 is 0. The third kappa shape index (κ3) is 1.61. The number of aliphatic hydroxyl groups excluding tert-OH is 1. The number of methoxy groups -OCH3 is 1. The molecule has 0 amide bonds. The average molecular weight is 284 g/mol. The van der Waals surface area contributed by atoms with Crippen LogP contribution in [0.5, 0.6) is 0 Å². The zero-order valence-corrected chi connectivity index (χ0v) is 12.4. The predicted octanol–water partition coefficient (Wildman–Crippen LogP) is 1.80. The van der Waals surface area contributed by atoms with E-state index in [0.717, 1.165) is 24.1 Å². The number of fused-ring (bicyclic) bond motifs is 2. The fraction of sp³-hybridized carbons (Fsp3) is 0.412. The molecule has 1 aromatic carbocycles. The van der Waals surface area contributed by atoms with Crippen LogP contribution in [-0.2, 0) is 16.8 Å². The van der Waals surface area contributed by atoms with Gasteiger partial charge in [0.25, 0.3) is 0 Å². The maximum Gasteiger partial charge on any atom is 0.128 e.